The molecule has 1 nitrogen and oxygen atoms in total. The number of hydrogen-bond donors (Lipinski definition) is 0. The molecule has 0 aliphatic heterocycles. The van der Waals surface area contributed by atoms with Crippen LogP contribution in [0.4, 0.5) is 0 Å². The Hall–Kier alpha value is 0.583. The van der Waals surface area contributed by atoms with Gasteiger partial charge >= 0.3 is 0 Å². The van der Waals surface area contributed by atoms with Gasteiger partial charge in [-0.2, -0.15) is 0 Å². The third-order valence-electron chi connectivity index (χ3n) is 0. The van der Waals surface area contributed by atoms with Gasteiger partial charge in [-0.15, -0.1) is 0 Å². The molecule has 34 valence electrons. The van der Waals surface area contributed by atoms with E-state index in [1.165, 1.54) is 0 Å². The Morgan fingerprint density at radius 2 is 0.833 bits per heavy atom. The van der Waals surface area contributed by atoms with Gasteiger partial charge < -0.3 is 4.48 Å². The monoisotopic (exact) mass is 138 g/mol. The predicted molar refractivity (Wildman–Crippen MR) is 24.0 cm³/mol. The van der Waals surface area contributed by atoms with E-state index in [-0.39, 0.29) is 19.5 Å². The molecule has 0 heterocycles. The van der Waals surface area contributed by atoms with Crippen molar-refractivity contribution in [1.82, 2.24) is 0 Å². The van der Waals surface area contributed by atoms with Crippen LogP contribution in [0.1, 0.15) is 0 Å². The summed E-state index contributed by atoms with van der Waals surface area (Å²) in [7, 11) is 8.50. The SMILES string of the molecule is C[N+](C)(C)C.[Zn]. The second-order valence-electron chi connectivity index (χ2n) is 2.68. The molecule has 0 aromatic carbocycles. The number of quaternary nitrogens is 1. The van der Waals surface area contributed by atoms with Gasteiger partial charge in [0, 0.05) is 19.5 Å². The molecule has 0 aliphatic rings. The quantitative estimate of drug-likeness (QED) is 0.335. The molecule has 0 aromatic rings. The fourth-order valence-corrected chi connectivity index (χ4v) is 0. The number of rotatable bonds is 0. The summed E-state index contributed by atoms with van der Waals surface area (Å²) >= 11 is 0. The third kappa shape index (κ3) is 173. The van der Waals surface area contributed by atoms with Gasteiger partial charge in [0.15, 0.2) is 0 Å². The number of nitrogens with zero attached hydrogens (tertiary/aromatic N) is 1. The zero-order chi connectivity index (χ0) is 4.50. The van der Waals surface area contributed by atoms with Gasteiger partial charge in [-0.3, -0.25) is 0 Å². The van der Waals surface area contributed by atoms with Crippen molar-refractivity contribution in [3.8, 4) is 0 Å². The summed E-state index contributed by atoms with van der Waals surface area (Å²) in [5.74, 6) is 0. The smallest absolute Gasteiger partial charge is 0.0675 e. The maximum atomic E-state index is 2.12. The largest absolute Gasteiger partial charge is 0.333 e. The van der Waals surface area contributed by atoms with Crippen LogP contribution in [0.3, 0.4) is 0 Å². The first-order chi connectivity index (χ1) is 2.00. The first kappa shape index (κ1) is 9.77. The van der Waals surface area contributed by atoms with E-state index < -0.39 is 0 Å². The summed E-state index contributed by atoms with van der Waals surface area (Å²) in [5.41, 5.74) is 0. The third-order valence-corrected chi connectivity index (χ3v) is 0. The minimum Gasteiger partial charge on any atom is -0.333 e. The minimum absolute atomic E-state index is 0. The predicted octanol–water partition coefficient (Wildman–Crippen LogP) is 0.320. The van der Waals surface area contributed by atoms with Crippen LogP contribution in [0.15, 0.2) is 0 Å². The van der Waals surface area contributed by atoms with Gasteiger partial charge in [-0.25, -0.2) is 0 Å². The van der Waals surface area contributed by atoms with Crippen molar-refractivity contribution in [3.05, 3.63) is 0 Å². The van der Waals surface area contributed by atoms with E-state index in [2.05, 4.69) is 28.2 Å². The fraction of sp³-hybridized carbons (Fsp3) is 1.00. The van der Waals surface area contributed by atoms with Crippen molar-refractivity contribution in [2.45, 2.75) is 0 Å². The average Bonchev–Trinajstić information content (AvgIpc) is 0.722. The van der Waals surface area contributed by atoms with Gasteiger partial charge in [0.25, 0.3) is 0 Å². The van der Waals surface area contributed by atoms with Crippen LogP contribution < -0.4 is 0 Å². The van der Waals surface area contributed by atoms with Crippen LogP contribution in [0.2, 0.25) is 0 Å². The van der Waals surface area contributed by atoms with Crippen LogP contribution in [0, 0.1) is 0 Å². The van der Waals surface area contributed by atoms with Crippen molar-refractivity contribution in [2.24, 2.45) is 0 Å². The zero-order valence-corrected chi connectivity index (χ0v) is 8.12. The molecule has 0 saturated heterocycles. The van der Waals surface area contributed by atoms with E-state index in [1.807, 2.05) is 0 Å². The molecule has 0 amide bonds. The molecular weight excluding hydrogens is 127 g/mol. The molecular formula is C4H12NZn+. The van der Waals surface area contributed by atoms with Crippen molar-refractivity contribution in [1.29, 1.82) is 0 Å². The normalized spacial score (nSPS) is 10.0. The van der Waals surface area contributed by atoms with Crippen molar-refractivity contribution < 1.29 is 24.0 Å². The molecule has 0 atom stereocenters. The summed E-state index contributed by atoms with van der Waals surface area (Å²) in [6.45, 7) is 0. The second kappa shape index (κ2) is 2.71. The molecule has 6 heavy (non-hydrogen) atoms. The molecule has 0 radical (unpaired) electrons. The van der Waals surface area contributed by atoms with Gasteiger partial charge in [-0.1, -0.05) is 0 Å². The summed E-state index contributed by atoms with van der Waals surface area (Å²) < 4.78 is 1.00. The first-order valence-corrected chi connectivity index (χ1v) is 1.79. The molecule has 0 unspecified atom stereocenters. The van der Waals surface area contributed by atoms with Gasteiger partial charge in [0.2, 0.25) is 0 Å². The van der Waals surface area contributed by atoms with Crippen LogP contribution in [0.5, 0.6) is 0 Å². The minimum atomic E-state index is 0. The van der Waals surface area contributed by atoms with Crippen LogP contribution in [-0.4, -0.2) is 32.7 Å². The Morgan fingerprint density at radius 1 is 0.833 bits per heavy atom. The van der Waals surface area contributed by atoms with E-state index in [0.29, 0.717) is 0 Å². The molecule has 0 rings (SSSR count). The van der Waals surface area contributed by atoms with Crippen molar-refractivity contribution in [2.75, 3.05) is 28.2 Å². The van der Waals surface area contributed by atoms with Crippen LogP contribution in [0.25, 0.3) is 0 Å². The van der Waals surface area contributed by atoms with Gasteiger partial charge in [0.1, 0.15) is 0 Å². The van der Waals surface area contributed by atoms with Gasteiger partial charge in [-0.05, 0) is 0 Å². The molecule has 2 heteroatoms. The summed E-state index contributed by atoms with van der Waals surface area (Å²) in [6.07, 6.45) is 0. The standard InChI is InChI=1S/C4H12N.Zn/c1-5(2,3)4;/h1-4H3;/q+1;. The van der Waals surface area contributed by atoms with E-state index in [9.17, 15) is 0 Å². The Bertz CT molecular complexity index is 23.0. The van der Waals surface area contributed by atoms with Crippen molar-refractivity contribution >= 4 is 0 Å². The molecule has 0 aromatic heterocycles. The summed E-state index contributed by atoms with van der Waals surface area (Å²) in [6, 6.07) is 0. The first-order valence-electron chi connectivity index (χ1n) is 1.79. The van der Waals surface area contributed by atoms with Crippen LogP contribution in [-0.2, 0) is 19.5 Å². The Balaban J connectivity index is 0. The fourth-order valence-electron chi connectivity index (χ4n) is 0. The van der Waals surface area contributed by atoms with E-state index in [1.54, 1.807) is 0 Å². The maximum absolute atomic E-state index is 2.12. The molecule has 0 bridgehead atoms. The van der Waals surface area contributed by atoms with Crippen LogP contribution >= 0.6 is 0 Å². The summed E-state index contributed by atoms with van der Waals surface area (Å²) in [5, 5.41) is 0. The van der Waals surface area contributed by atoms with Gasteiger partial charge in [0.05, 0.1) is 28.2 Å². The molecule has 0 aliphatic carbocycles. The molecule has 0 fully saturated rings. The Labute approximate surface area is 52.7 Å². The molecule has 0 saturated carbocycles. The van der Waals surface area contributed by atoms with E-state index >= 15 is 0 Å². The Morgan fingerprint density at radius 3 is 0.833 bits per heavy atom. The van der Waals surface area contributed by atoms with E-state index in [0.717, 1.165) is 4.48 Å². The van der Waals surface area contributed by atoms with Crippen molar-refractivity contribution in [3.63, 3.8) is 0 Å². The number of hydrogen-bond acceptors (Lipinski definition) is 0. The topological polar surface area (TPSA) is 0 Å². The maximum Gasteiger partial charge on any atom is 0.0675 e. The second-order valence-corrected chi connectivity index (χ2v) is 2.68. The molecule has 0 spiro atoms. The van der Waals surface area contributed by atoms with E-state index in [4.69, 9.17) is 0 Å². The summed E-state index contributed by atoms with van der Waals surface area (Å²) in [4.78, 5) is 0. The Kier molecular flexibility index (Phi) is 4.41. The molecule has 0 N–H and O–H groups in total. The average molecular weight is 140 g/mol. The zero-order valence-electron chi connectivity index (χ0n) is 5.15.